The summed E-state index contributed by atoms with van der Waals surface area (Å²) in [5.74, 6) is 1.64. The van der Waals surface area contributed by atoms with Crippen molar-refractivity contribution in [3.8, 4) is 0 Å². The zero-order valence-corrected chi connectivity index (χ0v) is 10.0. The van der Waals surface area contributed by atoms with Crippen molar-refractivity contribution < 1.29 is 4.74 Å². The molecule has 84 valence electrons. The van der Waals surface area contributed by atoms with E-state index in [0.29, 0.717) is 12.1 Å². The lowest BCUT2D eigenvalue weighted by Gasteiger charge is -2.37. The summed E-state index contributed by atoms with van der Waals surface area (Å²) in [7, 11) is 2.07. The second kappa shape index (κ2) is 5.72. The zero-order chi connectivity index (χ0) is 10.6. The molecule has 0 aliphatic heterocycles. The molecule has 14 heavy (non-hydrogen) atoms. The van der Waals surface area contributed by atoms with E-state index in [1.54, 1.807) is 0 Å². The van der Waals surface area contributed by atoms with Gasteiger partial charge in [0.05, 0.1) is 6.10 Å². The Morgan fingerprint density at radius 2 is 2.00 bits per heavy atom. The van der Waals surface area contributed by atoms with Crippen molar-refractivity contribution in [3.05, 3.63) is 0 Å². The van der Waals surface area contributed by atoms with Crippen LogP contribution in [-0.4, -0.2) is 25.8 Å². The fourth-order valence-corrected chi connectivity index (χ4v) is 2.32. The molecule has 1 atom stereocenters. The van der Waals surface area contributed by atoms with Crippen molar-refractivity contribution in [2.75, 3.05) is 13.7 Å². The Morgan fingerprint density at radius 1 is 1.36 bits per heavy atom. The SMILES string of the molecule is CCOC1CC(CC(NC)C(C)C)C1. The van der Waals surface area contributed by atoms with Gasteiger partial charge in [0.2, 0.25) is 0 Å². The molecule has 0 bridgehead atoms. The molecule has 1 N–H and O–H groups in total. The van der Waals surface area contributed by atoms with Crippen molar-refractivity contribution in [3.63, 3.8) is 0 Å². The van der Waals surface area contributed by atoms with Crippen LogP contribution in [0.25, 0.3) is 0 Å². The minimum Gasteiger partial charge on any atom is -0.378 e. The molecule has 0 aromatic carbocycles. The lowest BCUT2D eigenvalue weighted by atomic mass is 9.76. The van der Waals surface area contributed by atoms with Crippen LogP contribution in [0.5, 0.6) is 0 Å². The molecule has 0 spiro atoms. The zero-order valence-electron chi connectivity index (χ0n) is 10.0. The van der Waals surface area contributed by atoms with E-state index in [-0.39, 0.29) is 0 Å². The summed E-state index contributed by atoms with van der Waals surface area (Å²) in [6.45, 7) is 7.54. The van der Waals surface area contributed by atoms with Gasteiger partial charge in [0.15, 0.2) is 0 Å². The van der Waals surface area contributed by atoms with Crippen LogP contribution in [0.15, 0.2) is 0 Å². The first-order valence-electron chi connectivity index (χ1n) is 5.96. The Labute approximate surface area is 88.4 Å². The van der Waals surface area contributed by atoms with Gasteiger partial charge >= 0.3 is 0 Å². The van der Waals surface area contributed by atoms with Crippen molar-refractivity contribution >= 4 is 0 Å². The first-order chi connectivity index (χ1) is 6.67. The van der Waals surface area contributed by atoms with Crippen LogP contribution >= 0.6 is 0 Å². The number of hydrogen-bond acceptors (Lipinski definition) is 2. The quantitative estimate of drug-likeness (QED) is 0.709. The maximum Gasteiger partial charge on any atom is 0.0580 e. The van der Waals surface area contributed by atoms with Crippen LogP contribution < -0.4 is 5.32 Å². The fourth-order valence-electron chi connectivity index (χ4n) is 2.32. The molecule has 1 aliphatic carbocycles. The monoisotopic (exact) mass is 199 g/mol. The van der Waals surface area contributed by atoms with Crippen LogP contribution in [0, 0.1) is 11.8 Å². The third-order valence-electron chi connectivity index (χ3n) is 3.36. The third-order valence-corrected chi connectivity index (χ3v) is 3.36. The molecule has 0 aromatic rings. The number of rotatable bonds is 6. The summed E-state index contributed by atoms with van der Waals surface area (Å²) >= 11 is 0. The summed E-state index contributed by atoms with van der Waals surface area (Å²) in [6.07, 6.45) is 4.43. The van der Waals surface area contributed by atoms with Crippen LogP contribution in [0.1, 0.15) is 40.0 Å². The second-order valence-corrected chi connectivity index (χ2v) is 4.79. The number of hydrogen-bond donors (Lipinski definition) is 1. The van der Waals surface area contributed by atoms with Crippen LogP contribution in [0.2, 0.25) is 0 Å². The Hall–Kier alpha value is -0.0800. The molecule has 0 aromatic heterocycles. The van der Waals surface area contributed by atoms with Gasteiger partial charge in [0.1, 0.15) is 0 Å². The summed E-state index contributed by atoms with van der Waals surface area (Å²) in [5, 5.41) is 3.41. The Morgan fingerprint density at radius 3 is 2.43 bits per heavy atom. The molecule has 2 heteroatoms. The number of nitrogens with one attached hydrogen (secondary N) is 1. The van der Waals surface area contributed by atoms with Crippen molar-refractivity contribution in [1.29, 1.82) is 0 Å². The van der Waals surface area contributed by atoms with E-state index in [9.17, 15) is 0 Å². The van der Waals surface area contributed by atoms with E-state index in [0.717, 1.165) is 18.4 Å². The van der Waals surface area contributed by atoms with E-state index in [2.05, 4.69) is 33.1 Å². The molecule has 2 nitrogen and oxygen atoms in total. The molecule has 0 heterocycles. The predicted octanol–water partition coefficient (Wildman–Crippen LogP) is 2.44. The molecule has 1 saturated carbocycles. The second-order valence-electron chi connectivity index (χ2n) is 4.79. The van der Waals surface area contributed by atoms with E-state index in [1.807, 2.05) is 0 Å². The van der Waals surface area contributed by atoms with Gasteiger partial charge in [-0.1, -0.05) is 13.8 Å². The topological polar surface area (TPSA) is 21.3 Å². The highest BCUT2D eigenvalue weighted by atomic mass is 16.5. The normalized spacial score (nSPS) is 28.9. The molecule has 0 amide bonds. The average Bonchev–Trinajstić information content (AvgIpc) is 2.08. The van der Waals surface area contributed by atoms with Crippen molar-refractivity contribution in [2.24, 2.45) is 11.8 Å². The third kappa shape index (κ3) is 3.25. The largest absolute Gasteiger partial charge is 0.378 e. The van der Waals surface area contributed by atoms with Gasteiger partial charge in [-0.25, -0.2) is 0 Å². The van der Waals surface area contributed by atoms with E-state index < -0.39 is 0 Å². The van der Waals surface area contributed by atoms with Gasteiger partial charge in [0.25, 0.3) is 0 Å². The van der Waals surface area contributed by atoms with Gasteiger partial charge in [-0.3, -0.25) is 0 Å². The van der Waals surface area contributed by atoms with E-state index >= 15 is 0 Å². The summed E-state index contributed by atoms with van der Waals surface area (Å²) in [4.78, 5) is 0. The molecule has 1 aliphatic rings. The van der Waals surface area contributed by atoms with E-state index in [1.165, 1.54) is 19.3 Å². The minimum atomic E-state index is 0.565. The first kappa shape index (κ1) is 12.0. The van der Waals surface area contributed by atoms with Gasteiger partial charge in [-0.05, 0) is 45.1 Å². The lowest BCUT2D eigenvalue weighted by Crippen LogP contribution is -2.39. The Bertz CT molecular complexity index is 152. The molecule has 1 fully saturated rings. The number of ether oxygens (including phenoxy) is 1. The van der Waals surface area contributed by atoms with Gasteiger partial charge in [-0.2, -0.15) is 0 Å². The highest BCUT2D eigenvalue weighted by Gasteiger charge is 2.31. The summed E-state index contributed by atoms with van der Waals surface area (Å²) < 4.78 is 5.56. The predicted molar refractivity (Wildman–Crippen MR) is 60.4 cm³/mol. The maximum atomic E-state index is 5.56. The smallest absolute Gasteiger partial charge is 0.0580 e. The summed E-state index contributed by atoms with van der Waals surface area (Å²) in [6, 6.07) is 0.683. The average molecular weight is 199 g/mol. The van der Waals surface area contributed by atoms with Crippen molar-refractivity contribution in [2.45, 2.75) is 52.2 Å². The minimum absolute atomic E-state index is 0.565. The van der Waals surface area contributed by atoms with Gasteiger partial charge < -0.3 is 10.1 Å². The highest BCUT2D eigenvalue weighted by molar-refractivity contribution is 4.84. The fraction of sp³-hybridized carbons (Fsp3) is 1.00. The first-order valence-corrected chi connectivity index (χ1v) is 5.96. The van der Waals surface area contributed by atoms with Crippen molar-refractivity contribution in [1.82, 2.24) is 5.32 Å². The van der Waals surface area contributed by atoms with Crippen LogP contribution in [0.3, 0.4) is 0 Å². The van der Waals surface area contributed by atoms with Gasteiger partial charge in [0, 0.05) is 12.6 Å². The highest BCUT2D eigenvalue weighted by Crippen LogP contribution is 2.34. The van der Waals surface area contributed by atoms with Crippen LogP contribution in [0.4, 0.5) is 0 Å². The Kier molecular flexibility index (Phi) is 4.90. The lowest BCUT2D eigenvalue weighted by molar-refractivity contribution is -0.0300. The molecular formula is C12H25NO. The molecular weight excluding hydrogens is 174 g/mol. The standard InChI is InChI=1S/C12H25NO/c1-5-14-11-6-10(7-11)8-12(13-4)9(2)3/h9-13H,5-8H2,1-4H3. The molecule has 0 saturated heterocycles. The summed E-state index contributed by atoms with van der Waals surface area (Å²) in [5.41, 5.74) is 0. The molecule has 1 unspecified atom stereocenters. The van der Waals surface area contributed by atoms with Crippen LogP contribution in [-0.2, 0) is 4.74 Å². The van der Waals surface area contributed by atoms with E-state index in [4.69, 9.17) is 4.74 Å². The molecule has 0 radical (unpaired) electrons. The maximum absolute atomic E-state index is 5.56. The van der Waals surface area contributed by atoms with Gasteiger partial charge in [-0.15, -0.1) is 0 Å². The Balaban J connectivity index is 2.14. The molecule has 1 rings (SSSR count).